The third kappa shape index (κ3) is 4.03. The number of hydrogen-bond acceptors (Lipinski definition) is 4. The number of pyridine rings is 1. The van der Waals surface area contributed by atoms with Crippen molar-refractivity contribution in [2.24, 2.45) is 0 Å². The number of aromatic nitrogens is 1. The maximum absolute atomic E-state index is 12.0. The van der Waals surface area contributed by atoms with Gasteiger partial charge in [-0.15, -0.1) is 0 Å². The van der Waals surface area contributed by atoms with Gasteiger partial charge in [-0.1, -0.05) is 15.9 Å². The van der Waals surface area contributed by atoms with E-state index in [0.29, 0.717) is 21.4 Å². The minimum atomic E-state index is -1.04. The van der Waals surface area contributed by atoms with Crippen LogP contribution in [-0.4, -0.2) is 22.0 Å². The monoisotopic (exact) mass is 349 g/mol. The van der Waals surface area contributed by atoms with Gasteiger partial charge in [0.15, 0.2) is 0 Å². The zero-order valence-electron chi connectivity index (χ0n) is 10.8. The van der Waals surface area contributed by atoms with Gasteiger partial charge in [-0.25, -0.2) is 4.79 Å². The Hall–Kier alpha value is -2.41. The number of rotatable bonds is 4. The molecule has 0 radical (unpaired) electrons. The predicted octanol–water partition coefficient (Wildman–Crippen LogP) is 2.05. The van der Waals surface area contributed by atoms with E-state index < -0.39 is 5.97 Å². The summed E-state index contributed by atoms with van der Waals surface area (Å²) in [6.45, 7) is 0.131. The number of nitrogens with two attached hydrogens (primary N) is 1. The van der Waals surface area contributed by atoms with Crippen LogP contribution in [0.3, 0.4) is 0 Å². The van der Waals surface area contributed by atoms with Crippen LogP contribution in [0.4, 0.5) is 5.69 Å². The highest BCUT2D eigenvalue weighted by Gasteiger charge is 2.09. The molecule has 0 bridgehead atoms. The van der Waals surface area contributed by atoms with Crippen molar-refractivity contribution < 1.29 is 14.7 Å². The highest BCUT2D eigenvalue weighted by Crippen LogP contribution is 2.17. The predicted molar refractivity (Wildman–Crippen MR) is 80.9 cm³/mol. The molecular formula is C14H12BrN3O3. The van der Waals surface area contributed by atoms with Crippen LogP contribution in [0.25, 0.3) is 0 Å². The highest BCUT2D eigenvalue weighted by molar-refractivity contribution is 9.10. The van der Waals surface area contributed by atoms with E-state index in [-0.39, 0.29) is 18.0 Å². The molecule has 0 aliphatic heterocycles. The fourth-order valence-corrected chi connectivity index (χ4v) is 2.24. The zero-order valence-corrected chi connectivity index (χ0v) is 12.4. The van der Waals surface area contributed by atoms with Gasteiger partial charge in [-0.3, -0.25) is 9.78 Å². The van der Waals surface area contributed by atoms with Gasteiger partial charge in [0.25, 0.3) is 5.91 Å². The van der Waals surface area contributed by atoms with Crippen molar-refractivity contribution in [3.05, 3.63) is 57.8 Å². The lowest BCUT2D eigenvalue weighted by Crippen LogP contribution is -2.23. The Morgan fingerprint density at radius 1 is 1.24 bits per heavy atom. The Morgan fingerprint density at radius 2 is 2.00 bits per heavy atom. The fourth-order valence-electron chi connectivity index (χ4n) is 1.72. The molecule has 7 heteroatoms. The molecule has 2 rings (SSSR count). The first-order valence-electron chi connectivity index (χ1n) is 5.98. The molecule has 6 nitrogen and oxygen atoms in total. The summed E-state index contributed by atoms with van der Waals surface area (Å²) in [5.41, 5.74) is 7.15. The van der Waals surface area contributed by atoms with Crippen LogP contribution in [0.5, 0.6) is 0 Å². The number of benzene rings is 1. The van der Waals surface area contributed by atoms with Gasteiger partial charge >= 0.3 is 5.97 Å². The Labute approximate surface area is 129 Å². The van der Waals surface area contributed by atoms with E-state index >= 15 is 0 Å². The smallest absolute Gasteiger partial charge is 0.335 e. The lowest BCUT2D eigenvalue weighted by atomic mass is 10.2. The summed E-state index contributed by atoms with van der Waals surface area (Å²) in [5.74, 6) is -1.35. The lowest BCUT2D eigenvalue weighted by molar-refractivity contribution is 0.0696. The zero-order chi connectivity index (χ0) is 15.4. The van der Waals surface area contributed by atoms with Gasteiger partial charge in [-0.2, -0.15) is 0 Å². The van der Waals surface area contributed by atoms with Crippen LogP contribution in [0, 0.1) is 0 Å². The third-order valence-corrected chi connectivity index (χ3v) is 3.13. The first-order valence-corrected chi connectivity index (χ1v) is 6.77. The lowest BCUT2D eigenvalue weighted by Gasteiger charge is -2.07. The number of nitrogens with zero attached hydrogens (tertiary/aromatic N) is 1. The standard InChI is InChI=1S/C14H12BrN3O3/c15-10-3-9(4-11(16)6-10)13(19)18-7-12-5-8(14(20)21)1-2-17-12/h1-6H,7,16H2,(H,18,19)(H,20,21). The van der Waals surface area contributed by atoms with Crippen LogP contribution < -0.4 is 11.1 Å². The fraction of sp³-hybridized carbons (Fsp3) is 0.0714. The Kier molecular flexibility index (Phi) is 4.54. The number of aromatic carboxylic acids is 1. The van der Waals surface area contributed by atoms with Gasteiger partial charge in [-0.05, 0) is 30.3 Å². The van der Waals surface area contributed by atoms with Crippen LogP contribution in [0.1, 0.15) is 26.4 Å². The van der Waals surface area contributed by atoms with Crippen LogP contribution in [0.2, 0.25) is 0 Å². The number of amides is 1. The SMILES string of the molecule is Nc1cc(Br)cc(C(=O)NCc2cc(C(=O)O)ccn2)c1. The van der Waals surface area contributed by atoms with E-state index in [4.69, 9.17) is 10.8 Å². The second-order valence-electron chi connectivity index (χ2n) is 4.30. The molecule has 1 aromatic heterocycles. The van der Waals surface area contributed by atoms with Crippen molar-refractivity contribution in [1.82, 2.24) is 10.3 Å². The van der Waals surface area contributed by atoms with E-state index in [2.05, 4.69) is 26.2 Å². The molecule has 1 aromatic carbocycles. The number of carbonyl (C=O) groups is 2. The Balaban J connectivity index is 2.07. The largest absolute Gasteiger partial charge is 0.478 e. The summed E-state index contributed by atoms with van der Waals surface area (Å²) in [5, 5.41) is 11.6. The molecule has 0 aliphatic carbocycles. The number of hydrogen-bond donors (Lipinski definition) is 3. The van der Waals surface area contributed by atoms with E-state index in [9.17, 15) is 9.59 Å². The molecule has 0 spiro atoms. The van der Waals surface area contributed by atoms with Crippen molar-refractivity contribution in [3.8, 4) is 0 Å². The van der Waals surface area contributed by atoms with Crippen molar-refractivity contribution in [3.63, 3.8) is 0 Å². The van der Waals surface area contributed by atoms with E-state index in [0.717, 1.165) is 0 Å². The van der Waals surface area contributed by atoms with Gasteiger partial charge in [0.1, 0.15) is 0 Å². The van der Waals surface area contributed by atoms with Crippen LogP contribution in [0.15, 0.2) is 41.0 Å². The summed E-state index contributed by atoms with van der Waals surface area (Å²) in [6, 6.07) is 7.70. The minimum Gasteiger partial charge on any atom is -0.478 e. The summed E-state index contributed by atoms with van der Waals surface area (Å²) < 4.78 is 0.707. The van der Waals surface area contributed by atoms with Gasteiger partial charge < -0.3 is 16.2 Å². The molecule has 0 fully saturated rings. The molecule has 2 aromatic rings. The molecule has 21 heavy (non-hydrogen) atoms. The molecule has 108 valence electrons. The number of carboxylic acids is 1. The van der Waals surface area contributed by atoms with E-state index in [1.807, 2.05) is 0 Å². The van der Waals surface area contributed by atoms with Gasteiger partial charge in [0.2, 0.25) is 0 Å². The average Bonchev–Trinajstić information content (AvgIpc) is 2.44. The molecule has 0 atom stereocenters. The van der Waals surface area contributed by atoms with Gasteiger partial charge in [0, 0.05) is 21.9 Å². The molecule has 4 N–H and O–H groups in total. The number of carbonyl (C=O) groups excluding carboxylic acids is 1. The molecular weight excluding hydrogens is 338 g/mol. The highest BCUT2D eigenvalue weighted by atomic mass is 79.9. The van der Waals surface area contributed by atoms with Crippen molar-refractivity contribution in [1.29, 1.82) is 0 Å². The summed E-state index contributed by atoms with van der Waals surface area (Å²) in [4.78, 5) is 26.9. The minimum absolute atomic E-state index is 0.126. The first-order chi connectivity index (χ1) is 9.95. The van der Waals surface area contributed by atoms with E-state index in [1.54, 1.807) is 18.2 Å². The van der Waals surface area contributed by atoms with Crippen molar-refractivity contribution in [2.75, 3.05) is 5.73 Å². The summed E-state index contributed by atoms with van der Waals surface area (Å²) in [7, 11) is 0. The third-order valence-electron chi connectivity index (χ3n) is 2.68. The molecule has 0 saturated heterocycles. The Bertz CT molecular complexity index is 683. The second kappa shape index (κ2) is 6.36. The molecule has 0 aliphatic rings. The van der Waals surface area contributed by atoms with Crippen molar-refractivity contribution >= 4 is 33.5 Å². The summed E-state index contributed by atoms with van der Waals surface area (Å²) >= 11 is 3.27. The van der Waals surface area contributed by atoms with E-state index in [1.165, 1.54) is 18.3 Å². The quantitative estimate of drug-likeness (QED) is 0.732. The average molecular weight is 350 g/mol. The number of anilines is 1. The maximum Gasteiger partial charge on any atom is 0.335 e. The molecule has 1 amide bonds. The molecule has 0 saturated carbocycles. The molecule has 0 unspecified atom stereocenters. The number of nitrogen functional groups attached to an aromatic ring is 1. The maximum atomic E-state index is 12.0. The van der Waals surface area contributed by atoms with Crippen molar-refractivity contribution in [2.45, 2.75) is 6.54 Å². The topological polar surface area (TPSA) is 105 Å². The van der Waals surface area contributed by atoms with Crippen LogP contribution in [-0.2, 0) is 6.54 Å². The number of carboxylic acid groups (broad SMARTS) is 1. The second-order valence-corrected chi connectivity index (χ2v) is 5.21. The Morgan fingerprint density at radius 3 is 2.67 bits per heavy atom. The normalized spacial score (nSPS) is 10.1. The summed E-state index contributed by atoms with van der Waals surface area (Å²) in [6.07, 6.45) is 1.39. The number of nitrogens with one attached hydrogen (secondary N) is 1. The first kappa shape index (κ1) is 15.0. The van der Waals surface area contributed by atoms with Gasteiger partial charge in [0.05, 0.1) is 17.8 Å². The number of halogens is 1. The van der Waals surface area contributed by atoms with Crippen LogP contribution >= 0.6 is 15.9 Å². The molecule has 1 heterocycles.